The van der Waals surface area contributed by atoms with Crippen molar-refractivity contribution in [1.29, 1.82) is 0 Å². The van der Waals surface area contributed by atoms with Crippen LogP contribution in [-0.2, 0) is 24.0 Å². The summed E-state index contributed by atoms with van der Waals surface area (Å²) in [5.74, 6) is 0.296. The standard InChI is InChI=1S/C24H32Cl2N2O6/c1-13-4-5-19-14(2)20(31-21-24(19)18(13)6-7-23(3,32-21)33-34-24)30-9-8-27-22(29)28-17-11-15(25)10-16(26)12-17/h10-14,18-21H,4-9H2,1-3H3,(H2,27,28,29)/t13-,14-,18+,19+,20+,21-,23+,24-/m1/s1. The molecule has 188 valence electrons. The van der Waals surface area contributed by atoms with Gasteiger partial charge in [0, 0.05) is 40.5 Å². The molecule has 0 radical (unpaired) electrons. The van der Waals surface area contributed by atoms with E-state index < -0.39 is 24.0 Å². The summed E-state index contributed by atoms with van der Waals surface area (Å²) < 4.78 is 18.8. The molecular weight excluding hydrogens is 483 g/mol. The predicted molar refractivity (Wildman–Crippen MR) is 126 cm³/mol. The summed E-state index contributed by atoms with van der Waals surface area (Å²) in [6.07, 6.45) is 2.89. The summed E-state index contributed by atoms with van der Waals surface area (Å²) in [7, 11) is 0. The topological polar surface area (TPSA) is 87.3 Å². The van der Waals surface area contributed by atoms with E-state index in [2.05, 4.69) is 24.5 Å². The molecule has 0 unspecified atom stereocenters. The largest absolute Gasteiger partial charge is 0.350 e. The van der Waals surface area contributed by atoms with Gasteiger partial charge in [-0.1, -0.05) is 37.0 Å². The summed E-state index contributed by atoms with van der Waals surface area (Å²) in [6, 6.07) is 4.49. The fourth-order valence-corrected chi connectivity index (χ4v) is 6.73. The number of ether oxygens (including phenoxy) is 3. The van der Waals surface area contributed by atoms with E-state index in [4.69, 9.17) is 47.2 Å². The van der Waals surface area contributed by atoms with Gasteiger partial charge in [-0.15, -0.1) is 0 Å². The molecule has 2 amide bonds. The predicted octanol–water partition coefficient (Wildman–Crippen LogP) is 5.34. The van der Waals surface area contributed by atoms with Crippen LogP contribution in [0, 0.1) is 23.7 Å². The van der Waals surface area contributed by atoms with E-state index in [1.54, 1.807) is 18.2 Å². The lowest BCUT2D eigenvalue weighted by molar-refractivity contribution is -0.577. The molecule has 4 heterocycles. The van der Waals surface area contributed by atoms with Crippen molar-refractivity contribution in [3.8, 4) is 0 Å². The number of benzene rings is 1. The van der Waals surface area contributed by atoms with Gasteiger partial charge in [-0.2, -0.15) is 0 Å². The second kappa shape index (κ2) is 9.39. The van der Waals surface area contributed by atoms with Crippen LogP contribution in [0.15, 0.2) is 18.2 Å². The number of anilines is 1. The molecule has 1 spiro atoms. The molecule has 4 saturated heterocycles. The molecule has 2 N–H and O–H groups in total. The fraction of sp³-hybridized carbons (Fsp3) is 0.708. The van der Waals surface area contributed by atoms with E-state index in [0.717, 1.165) is 25.7 Å². The Morgan fingerprint density at radius 1 is 1.12 bits per heavy atom. The van der Waals surface area contributed by atoms with Gasteiger partial charge in [0.05, 0.1) is 6.61 Å². The molecule has 5 aliphatic rings. The lowest BCUT2D eigenvalue weighted by atomic mass is 9.58. The number of hydrogen-bond acceptors (Lipinski definition) is 6. The maximum absolute atomic E-state index is 12.2. The van der Waals surface area contributed by atoms with Crippen LogP contribution in [0.4, 0.5) is 10.5 Å². The lowest BCUT2D eigenvalue weighted by Crippen LogP contribution is -2.70. The fourth-order valence-electron chi connectivity index (χ4n) is 6.20. The number of fused-ring (bicyclic) bond motifs is 2. The molecule has 0 aromatic heterocycles. The Morgan fingerprint density at radius 2 is 1.88 bits per heavy atom. The van der Waals surface area contributed by atoms with Crippen LogP contribution in [-0.4, -0.2) is 43.2 Å². The zero-order valence-corrected chi connectivity index (χ0v) is 21.2. The quantitative estimate of drug-likeness (QED) is 0.407. The molecule has 8 atom stereocenters. The van der Waals surface area contributed by atoms with Gasteiger partial charge in [-0.3, -0.25) is 0 Å². The van der Waals surface area contributed by atoms with Crippen molar-refractivity contribution >= 4 is 34.9 Å². The highest BCUT2D eigenvalue weighted by atomic mass is 35.5. The van der Waals surface area contributed by atoms with Crippen LogP contribution >= 0.6 is 23.2 Å². The van der Waals surface area contributed by atoms with Crippen LogP contribution in [0.3, 0.4) is 0 Å². The van der Waals surface area contributed by atoms with Gasteiger partial charge in [-0.25, -0.2) is 14.6 Å². The Kier molecular flexibility index (Phi) is 6.78. The summed E-state index contributed by atoms with van der Waals surface area (Å²) in [6.45, 7) is 6.94. The van der Waals surface area contributed by atoms with Crippen molar-refractivity contribution in [2.45, 2.75) is 70.4 Å². The minimum absolute atomic E-state index is 0.0864. The van der Waals surface area contributed by atoms with E-state index in [-0.39, 0.29) is 17.9 Å². The maximum atomic E-state index is 12.2. The number of urea groups is 1. The SMILES string of the molecule is C[C@H]1[C@@H](OCCNC(=O)Nc2cc(Cl)cc(Cl)c2)O[C@@H]2O[C@]3(C)CC[C@H]4[C@H](C)CC[C@@H]1[C@@]24OO3. The third kappa shape index (κ3) is 4.43. The van der Waals surface area contributed by atoms with Crippen molar-refractivity contribution < 1.29 is 28.8 Å². The molecule has 1 aliphatic carbocycles. The molecule has 6 rings (SSSR count). The minimum Gasteiger partial charge on any atom is -0.350 e. The Hall–Kier alpha value is -1.13. The van der Waals surface area contributed by atoms with Gasteiger partial charge >= 0.3 is 6.03 Å². The van der Waals surface area contributed by atoms with Crippen molar-refractivity contribution in [3.05, 3.63) is 28.2 Å². The Labute approximate surface area is 209 Å². The van der Waals surface area contributed by atoms with Crippen LogP contribution < -0.4 is 10.6 Å². The Balaban J connectivity index is 1.19. The second-order valence-electron chi connectivity index (χ2n) is 10.2. The second-order valence-corrected chi connectivity index (χ2v) is 11.1. The normalized spacial score (nSPS) is 40.9. The molecule has 1 aromatic rings. The monoisotopic (exact) mass is 514 g/mol. The smallest absolute Gasteiger partial charge is 0.319 e. The highest BCUT2D eigenvalue weighted by Crippen LogP contribution is 2.60. The van der Waals surface area contributed by atoms with E-state index in [9.17, 15) is 4.79 Å². The number of hydrogen-bond donors (Lipinski definition) is 2. The van der Waals surface area contributed by atoms with Crippen LogP contribution in [0.2, 0.25) is 10.0 Å². The van der Waals surface area contributed by atoms with Gasteiger partial charge in [0.25, 0.3) is 0 Å². The number of halogens is 2. The Morgan fingerprint density at radius 3 is 2.65 bits per heavy atom. The summed E-state index contributed by atoms with van der Waals surface area (Å²) >= 11 is 12.0. The molecule has 4 aliphatic heterocycles. The first kappa shape index (κ1) is 24.6. The van der Waals surface area contributed by atoms with E-state index in [0.29, 0.717) is 40.7 Å². The highest BCUT2D eigenvalue weighted by Gasteiger charge is 2.69. The van der Waals surface area contributed by atoms with Gasteiger partial charge in [0.2, 0.25) is 5.79 Å². The number of carbonyl (C=O) groups excluding carboxylic acids is 1. The van der Waals surface area contributed by atoms with E-state index in [1.165, 1.54) is 0 Å². The highest BCUT2D eigenvalue weighted by molar-refractivity contribution is 6.35. The summed E-state index contributed by atoms with van der Waals surface area (Å²) in [5, 5.41) is 6.39. The Bertz CT molecular complexity index is 916. The number of amides is 2. The molecule has 1 saturated carbocycles. The van der Waals surface area contributed by atoms with Crippen LogP contribution in [0.1, 0.15) is 46.5 Å². The summed E-state index contributed by atoms with van der Waals surface area (Å²) in [5.41, 5.74) is -0.0913. The molecule has 2 bridgehead atoms. The molecule has 8 nitrogen and oxygen atoms in total. The number of nitrogens with one attached hydrogen (secondary N) is 2. The minimum atomic E-state index is -0.814. The first-order valence-electron chi connectivity index (χ1n) is 12.0. The van der Waals surface area contributed by atoms with Gasteiger partial charge in [-0.05, 0) is 56.2 Å². The molecule has 1 aromatic carbocycles. The van der Waals surface area contributed by atoms with Crippen LogP contribution in [0.25, 0.3) is 0 Å². The molecule has 34 heavy (non-hydrogen) atoms. The zero-order chi connectivity index (χ0) is 24.1. The van der Waals surface area contributed by atoms with Crippen molar-refractivity contribution in [2.75, 3.05) is 18.5 Å². The first-order chi connectivity index (χ1) is 16.2. The van der Waals surface area contributed by atoms with Crippen molar-refractivity contribution in [1.82, 2.24) is 5.32 Å². The average Bonchev–Trinajstić information content (AvgIpc) is 2.99. The third-order valence-corrected chi connectivity index (χ3v) is 8.32. The van der Waals surface area contributed by atoms with E-state index >= 15 is 0 Å². The van der Waals surface area contributed by atoms with Crippen molar-refractivity contribution in [3.63, 3.8) is 0 Å². The van der Waals surface area contributed by atoms with E-state index in [1.807, 2.05) is 6.92 Å². The lowest BCUT2D eigenvalue weighted by Gasteiger charge is -2.60. The maximum Gasteiger partial charge on any atom is 0.319 e. The van der Waals surface area contributed by atoms with Crippen molar-refractivity contribution in [2.24, 2.45) is 23.7 Å². The third-order valence-electron chi connectivity index (χ3n) is 7.89. The molecule has 10 heteroatoms. The zero-order valence-electron chi connectivity index (χ0n) is 19.6. The molecular formula is C24H32Cl2N2O6. The first-order valence-corrected chi connectivity index (χ1v) is 12.8. The van der Waals surface area contributed by atoms with Gasteiger partial charge in [0.15, 0.2) is 18.2 Å². The van der Waals surface area contributed by atoms with Gasteiger partial charge in [0.1, 0.15) is 0 Å². The van der Waals surface area contributed by atoms with Gasteiger partial charge < -0.3 is 24.8 Å². The molecule has 5 fully saturated rings. The average molecular weight is 515 g/mol. The van der Waals surface area contributed by atoms with Crippen LogP contribution in [0.5, 0.6) is 0 Å². The number of rotatable bonds is 5. The summed E-state index contributed by atoms with van der Waals surface area (Å²) in [4.78, 5) is 24.2. The number of carbonyl (C=O) groups is 1.